The van der Waals surface area contributed by atoms with E-state index in [1.54, 1.807) is 11.3 Å². The Hall–Kier alpha value is -1.01. The first-order valence-corrected chi connectivity index (χ1v) is 5.82. The molecule has 1 heterocycles. The van der Waals surface area contributed by atoms with E-state index in [2.05, 4.69) is 22.5 Å². The zero-order valence-electron chi connectivity index (χ0n) is 8.45. The van der Waals surface area contributed by atoms with E-state index in [1.807, 2.05) is 12.3 Å². The van der Waals surface area contributed by atoms with Crippen LogP contribution in [0.2, 0.25) is 0 Å². The van der Waals surface area contributed by atoms with Crippen LogP contribution in [-0.2, 0) is 11.2 Å². The third-order valence-electron chi connectivity index (χ3n) is 1.70. The van der Waals surface area contributed by atoms with Crippen LogP contribution in [0.15, 0.2) is 5.38 Å². The molecule has 1 rings (SSSR count). The standard InChI is InChI=1S/C9H13N3OS2/c1-6-12-7(5-15-6)2-3-11-9(13)4-8(10)14/h5H,2-4H2,1H3,(H2,10,14)(H,11,13). The molecule has 6 heteroatoms. The van der Waals surface area contributed by atoms with Crippen molar-refractivity contribution < 1.29 is 4.79 Å². The summed E-state index contributed by atoms with van der Waals surface area (Å²) < 4.78 is 0. The number of hydrogen-bond donors (Lipinski definition) is 2. The summed E-state index contributed by atoms with van der Waals surface area (Å²) in [5.41, 5.74) is 6.25. The van der Waals surface area contributed by atoms with Crippen molar-refractivity contribution in [2.24, 2.45) is 5.73 Å². The lowest BCUT2D eigenvalue weighted by molar-refractivity contribution is -0.119. The number of nitrogens with two attached hydrogens (primary N) is 1. The SMILES string of the molecule is Cc1nc(CCNC(=O)CC(N)=S)cs1. The van der Waals surface area contributed by atoms with Gasteiger partial charge in [0.05, 0.1) is 22.1 Å². The fourth-order valence-corrected chi connectivity index (χ4v) is 1.85. The molecule has 0 unspecified atom stereocenters. The third kappa shape index (κ3) is 4.85. The maximum Gasteiger partial charge on any atom is 0.226 e. The third-order valence-corrected chi connectivity index (χ3v) is 2.67. The Kier molecular flexibility index (Phi) is 4.64. The molecule has 0 fully saturated rings. The van der Waals surface area contributed by atoms with Crippen LogP contribution in [0.4, 0.5) is 0 Å². The van der Waals surface area contributed by atoms with Crippen LogP contribution >= 0.6 is 23.6 Å². The van der Waals surface area contributed by atoms with Crippen molar-refractivity contribution >= 4 is 34.5 Å². The molecule has 0 saturated carbocycles. The monoisotopic (exact) mass is 243 g/mol. The lowest BCUT2D eigenvalue weighted by Gasteiger charge is -2.02. The van der Waals surface area contributed by atoms with E-state index in [0.717, 1.165) is 17.1 Å². The number of nitrogens with zero attached hydrogens (tertiary/aromatic N) is 1. The maximum absolute atomic E-state index is 11.2. The first-order valence-electron chi connectivity index (χ1n) is 4.54. The van der Waals surface area contributed by atoms with Crippen LogP contribution in [-0.4, -0.2) is 22.4 Å². The highest BCUT2D eigenvalue weighted by molar-refractivity contribution is 7.80. The van der Waals surface area contributed by atoms with Crippen molar-refractivity contribution in [2.45, 2.75) is 19.8 Å². The summed E-state index contributed by atoms with van der Waals surface area (Å²) in [5.74, 6) is -0.130. The van der Waals surface area contributed by atoms with Crippen molar-refractivity contribution in [3.8, 4) is 0 Å². The van der Waals surface area contributed by atoms with Crippen LogP contribution in [0, 0.1) is 6.92 Å². The molecule has 0 radical (unpaired) electrons. The molecule has 4 nitrogen and oxygen atoms in total. The van der Waals surface area contributed by atoms with E-state index in [1.165, 1.54) is 0 Å². The van der Waals surface area contributed by atoms with Gasteiger partial charge in [0, 0.05) is 18.3 Å². The van der Waals surface area contributed by atoms with Gasteiger partial charge >= 0.3 is 0 Å². The summed E-state index contributed by atoms with van der Waals surface area (Å²) in [7, 11) is 0. The van der Waals surface area contributed by atoms with Gasteiger partial charge in [-0.3, -0.25) is 4.79 Å². The number of aryl methyl sites for hydroxylation is 1. The first-order chi connectivity index (χ1) is 7.08. The largest absolute Gasteiger partial charge is 0.393 e. The van der Waals surface area contributed by atoms with E-state index in [0.29, 0.717) is 6.54 Å². The van der Waals surface area contributed by atoms with Gasteiger partial charge in [-0.1, -0.05) is 12.2 Å². The van der Waals surface area contributed by atoms with Gasteiger partial charge in [0.2, 0.25) is 5.91 Å². The normalized spacial score (nSPS) is 9.93. The molecule has 0 atom stereocenters. The van der Waals surface area contributed by atoms with Gasteiger partial charge in [0.1, 0.15) is 0 Å². The van der Waals surface area contributed by atoms with Crippen LogP contribution in [0.5, 0.6) is 0 Å². The Morgan fingerprint density at radius 2 is 2.47 bits per heavy atom. The number of hydrogen-bond acceptors (Lipinski definition) is 4. The number of carbonyl (C=O) groups is 1. The van der Waals surface area contributed by atoms with Crippen molar-refractivity contribution in [1.82, 2.24) is 10.3 Å². The summed E-state index contributed by atoms with van der Waals surface area (Å²) in [4.78, 5) is 15.7. The summed E-state index contributed by atoms with van der Waals surface area (Å²) in [6.45, 7) is 2.53. The molecule has 0 spiro atoms. The Bertz CT molecular complexity index is 362. The lowest BCUT2D eigenvalue weighted by Crippen LogP contribution is -2.29. The van der Waals surface area contributed by atoms with E-state index >= 15 is 0 Å². The number of rotatable bonds is 5. The number of nitrogens with one attached hydrogen (secondary N) is 1. The van der Waals surface area contributed by atoms with Crippen molar-refractivity contribution in [3.63, 3.8) is 0 Å². The second kappa shape index (κ2) is 5.77. The zero-order chi connectivity index (χ0) is 11.3. The highest BCUT2D eigenvalue weighted by Gasteiger charge is 2.03. The molecule has 0 aliphatic rings. The molecule has 0 aliphatic heterocycles. The Morgan fingerprint density at radius 1 is 1.73 bits per heavy atom. The van der Waals surface area contributed by atoms with Gasteiger partial charge in [0.25, 0.3) is 0 Å². The van der Waals surface area contributed by atoms with Crippen LogP contribution < -0.4 is 11.1 Å². The molecule has 0 bridgehead atoms. The summed E-state index contributed by atoms with van der Waals surface area (Å²) in [6.07, 6.45) is 0.860. The highest BCUT2D eigenvalue weighted by atomic mass is 32.1. The number of carbonyl (C=O) groups excluding carboxylic acids is 1. The number of thiazole rings is 1. The second-order valence-electron chi connectivity index (χ2n) is 3.10. The summed E-state index contributed by atoms with van der Waals surface area (Å²) in [5, 5.41) is 5.77. The molecular formula is C9H13N3OS2. The minimum Gasteiger partial charge on any atom is -0.393 e. The Morgan fingerprint density at radius 3 is 3.00 bits per heavy atom. The number of thiocarbonyl (C=S) groups is 1. The minimum atomic E-state index is -0.130. The smallest absolute Gasteiger partial charge is 0.226 e. The predicted molar refractivity (Wildman–Crippen MR) is 65.0 cm³/mol. The fourth-order valence-electron chi connectivity index (χ4n) is 1.07. The van der Waals surface area contributed by atoms with Gasteiger partial charge in [-0.2, -0.15) is 0 Å². The lowest BCUT2D eigenvalue weighted by atomic mass is 10.3. The van der Waals surface area contributed by atoms with Crippen molar-refractivity contribution in [3.05, 3.63) is 16.1 Å². The van der Waals surface area contributed by atoms with Gasteiger partial charge < -0.3 is 11.1 Å². The zero-order valence-corrected chi connectivity index (χ0v) is 10.1. The minimum absolute atomic E-state index is 0.116. The first kappa shape index (κ1) is 12.1. The average molecular weight is 243 g/mol. The Balaban J connectivity index is 2.22. The van der Waals surface area contributed by atoms with Crippen LogP contribution in [0.1, 0.15) is 17.1 Å². The molecule has 82 valence electrons. The molecule has 0 saturated heterocycles. The van der Waals surface area contributed by atoms with E-state index in [9.17, 15) is 4.79 Å². The summed E-state index contributed by atoms with van der Waals surface area (Å²) >= 11 is 6.23. The van der Waals surface area contributed by atoms with Gasteiger partial charge in [-0.15, -0.1) is 11.3 Å². The maximum atomic E-state index is 11.2. The van der Waals surface area contributed by atoms with E-state index in [-0.39, 0.29) is 17.3 Å². The molecule has 1 aromatic heterocycles. The molecule has 1 amide bonds. The molecular weight excluding hydrogens is 230 g/mol. The molecule has 15 heavy (non-hydrogen) atoms. The predicted octanol–water partition coefficient (Wildman–Crippen LogP) is 0.786. The van der Waals surface area contributed by atoms with Crippen LogP contribution in [0.25, 0.3) is 0 Å². The quantitative estimate of drug-likeness (QED) is 0.750. The summed E-state index contributed by atoms with van der Waals surface area (Å²) in [6, 6.07) is 0. The van der Waals surface area contributed by atoms with Crippen molar-refractivity contribution in [2.75, 3.05) is 6.54 Å². The topological polar surface area (TPSA) is 68.0 Å². The fraction of sp³-hybridized carbons (Fsp3) is 0.444. The second-order valence-corrected chi connectivity index (χ2v) is 4.69. The Labute approximate surface area is 97.9 Å². The van der Waals surface area contributed by atoms with Crippen molar-refractivity contribution in [1.29, 1.82) is 0 Å². The van der Waals surface area contributed by atoms with E-state index < -0.39 is 0 Å². The number of amides is 1. The molecule has 0 aliphatic carbocycles. The van der Waals surface area contributed by atoms with Crippen LogP contribution in [0.3, 0.4) is 0 Å². The average Bonchev–Trinajstić information content (AvgIpc) is 2.50. The molecule has 0 aromatic carbocycles. The van der Waals surface area contributed by atoms with Gasteiger partial charge in [-0.25, -0.2) is 4.98 Å². The van der Waals surface area contributed by atoms with Gasteiger partial charge in [0.15, 0.2) is 0 Å². The molecule has 3 N–H and O–H groups in total. The number of aromatic nitrogens is 1. The van der Waals surface area contributed by atoms with Gasteiger partial charge in [-0.05, 0) is 6.92 Å². The highest BCUT2D eigenvalue weighted by Crippen LogP contribution is 2.07. The molecule has 1 aromatic rings. The van der Waals surface area contributed by atoms with E-state index in [4.69, 9.17) is 5.73 Å².